The highest BCUT2D eigenvalue weighted by atomic mass is 16.5. The number of hydrogen-bond acceptors (Lipinski definition) is 3. The Balaban J connectivity index is 2.01. The lowest BCUT2D eigenvalue weighted by Gasteiger charge is -2.32. The highest BCUT2D eigenvalue weighted by Crippen LogP contribution is 2.14. The van der Waals surface area contributed by atoms with E-state index in [1.165, 1.54) is 45.2 Å². The zero-order valence-electron chi connectivity index (χ0n) is 14.2. The van der Waals surface area contributed by atoms with Crippen LogP contribution in [0.2, 0.25) is 0 Å². The van der Waals surface area contributed by atoms with Crippen LogP contribution in [0.1, 0.15) is 66.2 Å². The second-order valence-corrected chi connectivity index (χ2v) is 7.17. The third-order valence-electron chi connectivity index (χ3n) is 3.83. The molecule has 1 aliphatic heterocycles. The predicted octanol–water partition coefficient (Wildman–Crippen LogP) is 3.44. The summed E-state index contributed by atoms with van der Waals surface area (Å²) in [5.74, 6) is 0. The van der Waals surface area contributed by atoms with Gasteiger partial charge in [0.15, 0.2) is 0 Å². The van der Waals surface area contributed by atoms with Crippen molar-refractivity contribution in [3.63, 3.8) is 0 Å². The second kappa shape index (κ2) is 9.75. The summed E-state index contributed by atoms with van der Waals surface area (Å²) in [6.07, 6.45) is 8.14. The molecular weight excluding hydrogens is 248 g/mol. The average Bonchev–Trinajstić information content (AvgIpc) is 2.40. The lowest BCUT2D eigenvalue weighted by atomic mass is 10.1. The normalized spacial score (nSPS) is 21.3. The Morgan fingerprint density at radius 3 is 2.70 bits per heavy atom. The molecular formula is C17H36N2O. The molecule has 0 amide bonds. The van der Waals surface area contributed by atoms with Gasteiger partial charge in [0.1, 0.15) is 0 Å². The van der Waals surface area contributed by atoms with Gasteiger partial charge in [-0.3, -0.25) is 0 Å². The minimum absolute atomic E-state index is 0.261. The lowest BCUT2D eigenvalue weighted by Crippen LogP contribution is -2.40. The summed E-state index contributed by atoms with van der Waals surface area (Å²) in [7, 11) is 0. The summed E-state index contributed by atoms with van der Waals surface area (Å²) in [6, 6.07) is 0. The number of nitrogens with one attached hydrogen (secondary N) is 1. The molecule has 20 heavy (non-hydrogen) atoms. The quantitative estimate of drug-likeness (QED) is 0.656. The minimum Gasteiger partial charge on any atom is -0.377 e. The number of piperidine rings is 1. The first-order chi connectivity index (χ1) is 9.51. The van der Waals surface area contributed by atoms with Crippen molar-refractivity contribution in [3.8, 4) is 0 Å². The number of ether oxygens (including phenoxy) is 1. The molecule has 3 heteroatoms. The molecule has 0 aromatic heterocycles. The second-order valence-electron chi connectivity index (χ2n) is 7.17. The van der Waals surface area contributed by atoms with Crippen LogP contribution in [0.3, 0.4) is 0 Å². The van der Waals surface area contributed by atoms with Gasteiger partial charge in [0, 0.05) is 18.7 Å². The molecule has 0 bridgehead atoms. The Kier molecular flexibility index (Phi) is 8.74. The number of nitrogens with zero attached hydrogens (tertiary/aromatic N) is 1. The number of likely N-dealkylation sites (tertiary alicyclic amines) is 1. The van der Waals surface area contributed by atoms with Crippen LogP contribution in [0.5, 0.6) is 0 Å². The van der Waals surface area contributed by atoms with Crippen LogP contribution < -0.4 is 5.32 Å². The largest absolute Gasteiger partial charge is 0.377 e. The SMILES string of the molecule is CCCOC1CCCN(CCCCCNC(C)(C)C)C1. The molecule has 120 valence electrons. The molecule has 0 radical (unpaired) electrons. The molecule has 0 saturated carbocycles. The topological polar surface area (TPSA) is 24.5 Å². The van der Waals surface area contributed by atoms with Gasteiger partial charge in [0.05, 0.1) is 6.10 Å². The third-order valence-corrected chi connectivity index (χ3v) is 3.83. The zero-order valence-corrected chi connectivity index (χ0v) is 14.2. The van der Waals surface area contributed by atoms with Gasteiger partial charge in [-0.1, -0.05) is 13.3 Å². The third kappa shape index (κ3) is 8.93. The van der Waals surface area contributed by atoms with E-state index in [2.05, 4.69) is 37.9 Å². The number of hydrogen-bond donors (Lipinski definition) is 1. The summed E-state index contributed by atoms with van der Waals surface area (Å²) < 4.78 is 5.89. The summed E-state index contributed by atoms with van der Waals surface area (Å²) in [5, 5.41) is 3.56. The molecule has 1 atom stereocenters. The van der Waals surface area contributed by atoms with Crippen LogP contribution >= 0.6 is 0 Å². The van der Waals surface area contributed by atoms with Gasteiger partial charge in [0.25, 0.3) is 0 Å². The molecule has 1 saturated heterocycles. The van der Waals surface area contributed by atoms with Crippen LogP contribution in [-0.2, 0) is 4.74 Å². The first kappa shape index (κ1) is 17.9. The number of rotatable bonds is 9. The molecule has 0 aliphatic carbocycles. The Labute approximate surface area is 126 Å². The highest BCUT2D eigenvalue weighted by molar-refractivity contribution is 4.73. The molecule has 0 aromatic rings. The van der Waals surface area contributed by atoms with Crippen molar-refractivity contribution in [2.24, 2.45) is 0 Å². The van der Waals surface area contributed by atoms with Crippen LogP contribution in [0.4, 0.5) is 0 Å². The van der Waals surface area contributed by atoms with E-state index >= 15 is 0 Å². The van der Waals surface area contributed by atoms with Crippen molar-refractivity contribution < 1.29 is 4.74 Å². The van der Waals surface area contributed by atoms with E-state index in [1.54, 1.807) is 0 Å². The number of unbranched alkanes of at least 4 members (excludes halogenated alkanes) is 2. The fraction of sp³-hybridized carbons (Fsp3) is 1.00. The van der Waals surface area contributed by atoms with Gasteiger partial charge in [-0.15, -0.1) is 0 Å². The van der Waals surface area contributed by atoms with Gasteiger partial charge in [-0.05, 0) is 72.5 Å². The van der Waals surface area contributed by atoms with Crippen LogP contribution in [0.15, 0.2) is 0 Å². The maximum absolute atomic E-state index is 5.89. The Morgan fingerprint density at radius 1 is 1.20 bits per heavy atom. The van der Waals surface area contributed by atoms with Gasteiger partial charge < -0.3 is 15.0 Å². The Bertz CT molecular complexity index is 238. The molecule has 1 N–H and O–H groups in total. The molecule has 1 unspecified atom stereocenters. The van der Waals surface area contributed by atoms with E-state index in [1.807, 2.05) is 0 Å². The molecule has 1 fully saturated rings. The van der Waals surface area contributed by atoms with Gasteiger partial charge in [-0.25, -0.2) is 0 Å². The van der Waals surface area contributed by atoms with Crippen molar-refractivity contribution in [3.05, 3.63) is 0 Å². The van der Waals surface area contributed by atoms with E-state index in [9.17, 15) is 0 Å². The van der Waals surface area contributed by atoms with Gasteiger partial charge in [-0.2, -0.15) is 0 Å². The molecule has 3 nitrogen and oxygen atoms in total. The van der Waals surface area contributed by atoms with Crippen molar-refractivity contribution in [1.29, 1.82) is 0 Å². The fourth-order valence-corrected chi connectivity index (χ4v) is 2.74. The standard InChI is InChI=1S/C17H36N2O/c1-5-14-20-16-10-9-13-19(15-16)12-8-6-7-11-18-17(2,3)4/h16,18H,5-15H2,1-4H3. The average molecular weight is 284 g/mol. The van der Waals surface area contributed by atoms with Crippen molar-refractivity contribution in [1.82, 2.24) is 10.2 Å². The summed E-state index contributed by atoms with van der Waals surface area (Å²) in [4.78, 5) is 2.60. The monoisotopic (exact) mass is 284 g/mol. The van der Waals surface area contributed by atoms with Gasteiger partial charge >= 0.3 is 0 Å². The van der Waals surface area contributed by atoms with Crippen molar-refractivity contribution in [2.45, 2.75) is 77.9 Å². The van der Waals surface area contributed by atoms with Crippen LogP contribution in [-0.4, -0.2) is 49.3 Å². The summed E-state index contributed by atoms with van der Waals surface area (Å²) in [6.45, 7) is 14.6. The summed E-state index contributed by atoms with van der Waals surface area (Å²) in [5.41, 5.74) is 0.261. The van der Waals surface area contributed by atoms with Crippen molar-refractivity contribution >= 4 is 0 Å². The fourth-order valence-electron chi connectivity index (χ4n) is 2.74. The van der Waals surface area contributed by atoms with E-state index in [-0.39, 0.29) is 5.54 Å². The van der Waals surface area contributed by atoms with Crippen LogP contribution in [0, 0.1) is 0 Å². The van der Waals surface area contributed by atoms with Gasteiger partial charge in [0.2, 0.25) is 0 Å². The lowest BCUT2D eigenvalue weighted by molar-refractivity contribution is -0.000359. The Morgan fingerprint density at radius 2 is 2.00 bits per heavy atom. The minimum atomic E-state index is 0.261. The first-order valence-electron chi connectivity index (χ1n) is 8.60. The van der Waals surface area contributed by atoms with E-state index in [4.69, 9.17) is 4.74 Å². The maximum atomic E-state index is 5.89. The molecule has 1 rings (SSSR count). The molecule has 0 spiro atoms. The van der Waals surface area contributed by atoms with E-state index < -0.39 is 0 Å². The van der Waals surface area contributed by atoms with E-state index in [0.717, 1.165) is 26.1 Å². The molecule has 0 aromatic carbocycles. The molecule has 1 heterocycles. The van der Waals surface area contributed by atoms with Crippen LogP contribution in [0.25, 0.3) is 0 Å². The molecule has 1 aliphatic rings. The maximum Gasteiger partial charge on any atom is 0.0702 e. The zero-order chi connectivity index (χ0) is 14.8. The summed E-state index contributed by atoms with van der Waals surface area (Å²) >= 11 is 0. The Hall–Kier alpha value is -0.120. The smallest absolute Gasteiger partial charge is 0.0702 e. The first-order valence-corrected chi connectivity index (χ1v) is 8.60. The van der Waals surface area contributed by atoms with Crippen molar-refractivity contribution in [2.75, 3.05) is 32.8 Å². The highest BCUT2D eigenvalue weighted by Gasteiger charge is 2.19. The van der Waals surface area contributed by atoms with E-state index in [0.29, 0.717) is 6.10 Å². The predicted molar refractivity (Wildman–Crippen MR) is 87.3 cm³/mol.